The number of anilines is 3. The van der Waals surface area contributed by atoms with Crippen LogP contribution in [0.4, 0.5) is 21.9 Å². The number of hydrogen-bond donors (Lipinski definition) is 4. The van der Waals surface area contributed by atoms with Crippen molar-refractivity contribution >= 4 is 56.5 Å². The van der Waals surface area contributed by atoms with Crippen LogP contribution in [-0.4, -0.2) is 48.5 Å². The van der Waals surface area contributed by atoms with Crippen molar-refractivity contribution in [1.29, 1.82) is 0 Å². The third-order valence-corrected chi connectivity index (χ3v) is 8.41. The molecule has 6 rings (SSSR count). The Morgan fingerprint density at radius 1 is 1.05 bits per heavy atom. The number of nitrogens with one attached hydrogen (secondary N) is 4. The maximum absolute atomic E-state index is 13.5. The fourth-order valence-electron chi connectivity index (χ4n) is 5.48. The van der Waals surface area contributed by atoms with E-state index in [0.717, 1.165) is 29.5 Å². The fourth-order valence-corrected chi connectivity index (χ4v) is 6.51. The van der Waals surface area contributed by atoms with Crippen molar-refractivity contribution < 1.29 is 19.1 Å². The minimum absolute atomic E-state index is 0.0242. The zero-order valence-electron chi connectivity index (χ0n) is 22.7. The average molecular weight is 571 g/mol. The number of aryl methyl sites for hydroxylation is 1. The van der Waals surface area contributed by atoms with E-state index in [-0.39, 0.29) is 36.5 Å². The summed E-state index contributed by atoms with van der Waals surface area (Å²) in [4.78, 5) is 46.1. The molecule has 4 amide bonds. The summed E-state index contributed by atoms with van der Waals surface area (Å²) in [5.41, 5.74) is 2.70. The highest BCUT2D eigenvalue weighted by Crippen LogP contribution is 2.46. The summed E-state index contributed by atoms with van der Waals surface area (Å²) in [5, 5.41) is 12.6. The maximum Gasteiger partial charge on any atom is 0.331 e. The van der Waals surface area contributed by atoms with Gasteiger partial charge in [-0.15, -0.1) is 11.3 Å². The molecule has 4 N–H and O–H groups in total. The second kappa shape index (κ2) is 11.2. The van der Waals surface area contributed by atoms with Crippen LogP contribution in [0.1, 0.15) is 34.5 Å². The predicted octanol–water partition coefficient (Wildman–Crippen LogP) is 5.07. The number of thiophene rings is 1. The summed E-state index contributed by atoms with van der Waals surface area (Å²) in [6.07, 6.45) is 3.88. The highest BCUT2D eigenvalue weighted by atomic mass is 32.1. The van der Waals surface area contributed by atoms with E-state index in [1.165, 1.54) is 11.3 Å². The van der Waals surface area contributed by atoms with Crippen LogP contribution >= 0.6 is 11.3 Å². The monoisotopic (exact) mass is 570 g/mol. The van der Waals surface area contributed by atoms with Crippen molar-refractivity contribution in [3.05, 3.63) is 71.2 Å². The number of urea groups is 1. The largest absolute Gasteiger partial charge is 0.457 e. The zero-order valence-corrected chi connectivity index (χ0v) is 23.5. The van der Waals surface area contributed by atoms with Gasteiger partial charge in [0.05, 0.1) is 29.0 Å². The van der Waals surface area contributed by atoms with Crippen LogP contribution in [-0.2, 0) is 4.79 Å². The molecule has 3 heterocycles. The summed E-state index contributed by atoms with van der Waals surface area (Å²) in [6, 6.07) is 16.5. The SMILES string of the molecule is CNCC(=O)N[C@@H]1CC[C@H](NC(=O)c2sc3nccc4c3c2NC(=O)N4c2ccc(Oc3ccccc3)cc2C)C1. The molecule has 210 valence electrons. The van der Waals surface area contributed by atoms with Gasteiger partial charge in [-0.2, -0.15) is 0 Å². The number of para-hydroxylation sites is 1. The zero-order chi connectivity index (χ0) is 28.5. The van der Waals surface area contributed by atoms with Gasteiger partial charge in [-0.25, -0.2) is 9.78 Å². The van der Waals surface area contributed by atoms with Gasteiger partial charge in [0.25, 0.3) is 5.91 Å². The molecule has 10 nitrogen and oxygen atoms in total. The van der Waals surface area contributed by atoms with Crippen molar-refractivity contribution in [3.63, 3.8) is 0 Å². The Bertz CT molecular complexity index is 1640. The van der Waals surface area contributed by atoms with E-state index in [4.69, 9.17) is 4.74 Å². The molecule has 2 aromatic heterocycles. The standard InChI is InChI=1S/C30H30N6O4S/c1-17-14-21(40-20-6-4-3-5-7-20)10-11-22(17)36-23-12-13-32-29-25(23)26(35-30(36)39)27(41-29)28(38)34-19-9-8-18(15-19)33-24(37)16-31-2/h3-7,10-14,18-19,31H,8-9,15-16H2,1-2H3,(H,33,37)(H,34,38)(H,35,39)/t18-,19+/m1/s1. The lowest BCUT2D eigenvalue weighted by Crippen LogP contribution is -2.40. The van der Waals surface area contributed by atoms with E-state index < -0.39 is 0 Å². The molecule has 41 heavy (non-hydrogen) atoms. The third kappa shape index (κ3) is 5.33. The molecule has 2 aliphatic rings. The molecule has 4 aromatic rings. The van der Waals surface area contributed by atoms with Gasteiger partial charge in [-0.05, 0) is 75.2 Å². The molecule has 1 aliphatic carbocycles. The van der Waals surface area contributed by atoms with Gasteiger partial charge in [-0.1, -0.05) is 18.2 Å². The second-order valence-electron chi connectivity index (χ2n) is 10.2. The van der Waals surface area contributed by atoms with Gasteiger partial charge in [0.2, 0.25) is 5.91 Å². The van der Waals surface area contributed by atoms with Crippen molar-refractivity contribution in [2.75, 3.05) is 23.8 Å². The number of rotatable bonds is 8. The first-order valence-corrected chi connectivity index (χ1v) is 14.3. The first-order chi connectivity index (χ1) is 19.9. The van der Waals surface area contributed by atoms with Crippen LogP contribution in [0.15, 0.2) is 60.8 Å². The average Bonchev–Trinajstić information content (AvgIpc) is 3.55. The molecule has 11 heteroatoms. The molecule has 2 atom stereocenters. The molecule has 2 aromatic carbocycles. The van der Waals surface area contributed by atoms with E-state index in [1.54, 1.807) is 24.2 Å². The van der Waals surface area contributed by atoms with Crippen LogP contribution in [0.5, 0.6) is 11.5 Å². The Kier molecular flexibility index (Phi) is 7.29. The number of likely N-dealkylation sites (N-methyl/N-ethyl adjacent to an activating group) is 1. The van der Waals surface area contributed by atoms with E-state index in [2.05, 4.69) is 26.3 Å². The van der Waals surface area contributed by atoms with Crippen molar-refractivity contribution in [2.45, 2.75) is 38.3 Å². The molecule has 0 saturated heterocycles. The molecule has 1 saturated carbocycles. The van der Waals surface area contributed by atoms with Crippen molar-refractivity contribution in [2.24, 2.45) is 0 Å². The molecule has 0 bridgehead atoms. The predicted molar refractivity (Wildman–Crippen MR) is 159 cm³/mol. The van der Waals surface area contributed by atoms with Gasteiger partial charge >= 0.3 is 6.03 Å². The van der Waals surface area contributed by atoms with Crippen LogP contribution in [0, 0.1) is 6.92 Å². The first kappa shape index (κ1) is 26.7. The van der Waals surface area contributed by atoms with Crippen LogP contribution in [0.3, 0.4) is 0 Å². The summed E-state index contributed by atoms with van der Waals surface area (Å²) < 4.78 is 5.97. The third-order valence-electron chi connectivity index (χ3n) is 7.31. The van der Waals surface area contributed by atoms with E-state index >= 15 is 0 Å². The number of pyridine rings is 1. The number of nitrogens with zero attached hydrogens (tertiary/aromatic N) is 2. The number of amides is 4. The van der Waals surface area contributed by atoms with Crippen LogP contribution in [0.25, 0.3) is 10.2 Å². The number of carbonyl (C=O) groups is 3. The minimum atomic E-state index is -0.356. The van der Waals surface area contributed by atoms with Gasteiger partial charge in [0, 0.05) is 18.3 Å². The molecular weight excluding hydrogens is 540 g/mol. The Labute approximate surface area is 241 Å². The van der Waals surface area contributed by atoms with E-state index in [9.17, 15) is 14.4 Å². The van der Waals surface area contributed by atoms with Crippen LogP contribution < -0.4 is 30.9 Å². The van der Waals surface area contributed by atoms with Gasteiger partial charge in [0.1, 0.15) is 21.2 Å². The Balaban J connectivity index is 1.24. The lowest BCUT2D eigenvalue weighted by atomic mass is 10.1. The molecule has 0 radical (unpaired) electrons. The lowest BCUT2D eigenvalue weighted by molar-refractivity contribution is -0.120. The van der Waals surface area contributed by atoms with Gasteiger partial charge in [-0.3, -0.25) is 14.5 Å². The molecular formula is C30H30N6O4S. The summed E-state index contributed by atoms with van der Waals surface area (Å²) in [7, 11) is 1.73. The summed E-state index contributed by atoms with van der Waals surface area (Å²) >= 11 is 1.26. The molecule has 0 spiro atoms. The molecule has 0 unspecified atom stereocenters. The Morgan fingerprint density at radius 3 is 2.59 bits per heavy atom. The summed E-state index contributed by atoms with van der Waals surface area (Å²) in [5.74, 6) is 1.08. The van der Waals surface area contributed by atoms with Crippen LogP contribution in [0.2, 0.25) is 0 Å². The number of ether oxygens (including phenoxy) is 1. The number of aromatic nitrogens is 1. The normalized spacial score (nSPS) is 17.8. The van der Waals surface area contributed by atoms with Crippen molar-refractivity contribution in [3.8, 4) is 11.5 Å². The quantitative estimate of drug-likeness (QED) is 0.235. The Morgan fingerprint density at radius 2 is 1.83 bits per heavy atom. The number of hydrogen-bond acceptors (Lipinski definition) is 7. The highest BCUT2D eigenvalue weighted by Gasteiger charge is 2.34. The number of benzene rings is 2. The summed E-state index contributed by atoms with van der Waals surface area (Å²) in [6.45, 7) is 2.19. The van der Waals surface area contributed by atoms with Gasteiger partial charge < -0.3 is 26.0 Å². The number of carbonyl (C=O) groups excluding carboxylic acids is 3. The smallest absolute Gasteiger partial charge is 0.331 e. The Hall–Kier alpha value is -4.48. The maximum atomic E-state index is 13.5. The minimum Gasteiger partial charge on any atom is -0.457 e. The lowest BCUT2D eigenvalue weighted by Gasteiger charge is -2.29. The molecule has 1 fully saturated rings. The second-order valence-corrected chi connectivity index (χ2v) is 11.2. The fraction of sp³-hybridized carbons (Fsp3) is 0.267. The van der Waals surface area contributed by atoms with E-state index in [1.807, 2.05) is 55.5 Å². The van der Waals surface area contributed by atoms with E-state index in [0.29, 0.717) is 38.9 Å². The highest BCUT2D eigenvalue weighted by molar-refractivity contribution is 7.21. The van der Waals surface area contributed by atoms with Crippen molar-refractivity contribution in [1.82, 2.24) is 20.9 Å². The topological polar surface area (TPSA) is 125 Å². The van der Waals surface area contributed by atoms with Gasteiger partial charge in [0.15, 0.2) is 0 Å². The molecule has 1 aliphatic heterocycles. The first-order valence-electron chi connectivity index (χ1n) is 13.5.